The zero-order valence-corrected chi connectivity index (χ0v) is 8.14. The SMILES string of the molecule is C/C=C(\N)C(N)=O.CC.CC. The molecule has 68 valence electrons. The topological polar surface area (TPSA) is 69.1 Å². The van der Waals surface area contributed by atoms with E-state index in [2.05, 4.69) is 0 Å². The summed E-state index contributed by atoms with van der Waals surface area (Å²) in [6, 6.07) is 0. The first kappa shape index (κ1) is 16.5. The van der Waals surface area contributed by atoms with E-state index in [0.29, 0.717) is 0 Å². The molecule has 0 spiro atoms. The summed E-state index contributed by atoms with van der Waals surface area (Å²) in [5.74, 6) is -0.567. The minimum atomic E-state index is -0.567. The van der Waals surface area contributed by atoms with Crippen LogP contribution in [0.5, 0.6) is 0 Å². The van der Waals surface area contributed by atoms with Gasteiger partial charge in [-0.15, -0.1) is 0 Å². The van der Waals surface area contributed by atoms with E-state index in [-0.39, 0.29) is 5.70 Å². The van der Waals surface area contributed by atoms with Crippen LogP contribution in [0.2, 0.25) is 0 Å². The highest BCUT2D eigenvalue weighted by atomic mass is 16.1. The maximum atomic E-state index is 9.96. The molecular weight excluding hydrogens is 140 g/mol. The van der Waals surface area contributed by atoms with Gasteiger partial charge in [0.2, 0.25) is 0 Å². The third-order valence-electron chi connectivity index (χ3n) is 0.596. The molecule has 0 heterocycles. The van der Waals surface area contributed by atoms with Crippen molar-refractivity contribution in [3.05, 3.63) is 11.8 Å². The number of carbonyl (C=O) groups excluding carboxylic acids is 1. The first-order valence-corrected chi connectivity index (χ1v) is 3.90. The predicted molar refractivity (Wildman–Crippen MR) is 49.8 cm³/mol. The molecule has 0 radical (unpaired) electrons. The molecule has 0 saturated heterocycles. The lowest BCUT2D eigenvalue weighted by molar-refractivity contribution is -0.114. The van der Waals surface area contributed by atoms with Gasteiger partial charge in [-0.05, 0) is 6.92 Å². The summed E-state index contributed by atoms with van der Waals surface area (Å²) in [5.41, 5.74) is 9.83. The van der Waals surface area contributed by atoms with Gasteiger partial charge in [0.25, 0.3) is 5.91 Å². The number of rotatable bonds is 1. The number of amides is 1. The molecule has 11 heavy (non-hydrogen) atoms. The molecule has 0 aromatic rings. The molecule has 0 bridgehead atoms. The van der Waals surface area contributed by atoms with E-state index in [0.717, 1.165) is 0 Å². The molecule has 4 N–H and O–H groups in total. The van der Waals surface area contributed by atoms with Crippen molar-refractivity contribution in [3.8, 4) is 0 Å². The van der Waals surface area contributed by atoms with Crippen molar-refractivity contribution in [1.82, 2.24) is 0 Å². The van der Waals surface area contributed by atoms with Crippen LogP contribution in [0, 0.1) is 0 Å². The Labute approximate surface area is 69.5 Å². The van der Waals surface area contributed by atoms with Crippen LogP contribution in [0.25, 0.3) is 0 Å². The standard InChI is InChI=1S/C4H8N2O.2C2H6/c1-2-3(5)4(6)7;2*1-2/h2H,5H2,1H3,(H2,6,7);2*1-2H3/b3-2-;;. The Morgan fingerprint density at radius 2 is 1.36 bits per heavy atom. The molecule has 0 unspecified atom stereocenters. The number of allylic oxidation sites excluding steroid dienone is 1. The fourth-order valence-electron chi connectivity index (χ4n) is 0.142. The van der Waals surface area contributed by atoms with Crippen molar-refractivity contribution >= 4 is 5.91 Å². The lowest BCUT2D eigenvalue weighted by Gasteiger charge is -1.86. The van der Waals surface area contributed by atoms with Crippen molar-refractivity contribution in [3.63, 3.8) is 0 Å². The van der Waals surface area contributed by atoms with E-state index in [1.54, 1.807) is 6.92 Å². The molecule has 0 aliphatic heterocycles. The molecule has 3 heteroatoms. The zero-order valence-electron chi connectivity index (χ0n) is 8.14. The lowest BCUT2D eigenvalue weighted by Crippen LogP contribution is -2.19. The summed E-state index contributed by atoms with van der Waals surface area (Å²) in [7, 11) is 0. The van der Waals surface area contributed by atoms with Gasteiger partial charge in [0.05, 0.1) is 5.70 Å². The van der Waals surface area contributed by atoms with Gasteiger partial charge in [-0.1, -0.05) is 33.8 Å². The van der Waals surface area contributed by atoms with Gasteiger partial charge in [0.1, 0.15) is 0 Å². The quantitative estimate of drug-likeness (QED) is 0.569. The van der Waals surface area contributed by atoms with E-state index in [9.17, 15) is 4.79 Å². The van der Waals surface area contributed by atoms with E-state index in [4.69, 9.17) is 11.5 Å². The van der Waals surface area contributed by atoms with Crippen LogP contribution in [0.1, 0.15) is 34.6 Å². The first-order valence-electron chi connectivity index (χ1n) is 3.90. The van der Waals surface area contributed by atoms with Gasteiger partial charge in [-0.2, -0.15) is 0 Å². The van der Waals surface area contributed by atoms with Crippen LogP contribution < -0.4 is 11.5 Å². The number of hydrogen-bond donors (Lipinski definition) is 2. The Bertz CT molecular complexity index is 109. The van der Waals surface area contributed by atoms with Gasteiger partial charge in [0, 0.05) is 0 Å². The Morgan fingerprint density at radius 1 is 1.09 bits per heavy atom. The van der Waals surface area contributed by atoms with Crippen molar-refractivity contribution in [1.29, 1.82) is 0 Å². The average molecular weight is 160 g/mol. The molecule has 0 fully saturated rings. The molecular formula is C8H20N2O. The molecule has 0 saturated carbocycles. The van der Waals surface area contributed by atoms with E-state index in [1.165, 1.54) is 6.08 Å². The Kier molecular flexibility index (Phi) is 24.1. The molecule has 0 aromatic carbocycles. The highest BCUT2D eigenvalue weighted by Gasteiger charge is 1.91. The molecule has 3 nitrogen and oxygen atoms in total. The molecule has 0 rings (SSSR count). The zero-order chi connectivity index (χ0) is 9.86. The molecule has 0 atom stereocenters. The molecule has 0 aliphatic rings. The molecule has 0 aliphatic carbocycles. The van der Waals surface area contributed by atoms with E-state index in [1.807, 2.05) is 27.7 Å². The Hall–Kier alpha value is -0.990. The Balaban J connectivity index is -0.000000138. The second-order valence-corrected chi connectivity index (χ2v) is 1.11. The summed E-state index contributed by atoms with van der Waals surface area (Å²) >= 11 is 0. The summed E-state index contributed by atoms with van der Waals surface area (Å²) in [6.07, 6.45) is 1.46. The Morgan fingerprint density at radius 3 is 1.36 bits per heavy atom. The van der Waals surface area contributed by atoms with Crippen molar-refractivity contribution in [2.75, 3.05) is 0 Å². The van der Waals surface area contributed by atoms with Crippen LogP contribution >= 0.6 is 0 Å². The number of hydrogen-bond acceptors (Lipinski definition) is 2. The van der Waals surface area contributed by atoms with Crippen LogP contribution in [-0.4, -0.2) is 5.91 Å². The highest BCUT2D eigenvalue weighted by Crippen LogP contribution is 1.75. The smallest absolute Gasteiger partial charge is 0.264 e. The third-order valence-corrected chi connectivity index (χ3v) is 0.596. The number of nitrogens with two attached hydrogens (primary N) is 2. The van der Waals surface area contributed by atoms with Crippen LogP contribution in [-0.2, 0) is 4.79 Å². The van der Waals surface area contributed by atoms with Gasteiger partial charge in [-0.3, -0.25) is 4.79 Å². The van der Waals surface area contributed by atoms with Gasteiger partial charge < -0.3 is 11.5 Å². The molecule has 1 amide bonds. The van der Waals surface area contributed by atoms with Crippen LogP contribution in [0.15, 0.2) is 11.8 Å². The summed E-state index contributed by atoms with van der Waals surface area (Å²) in [5, 5.41) is 0. The summed E-state index contributed by atoms with van der Waals surface area (Å²) in [4.78, 5) is 9.96. The lowest BCUT2D eigenvalue weighted by atomic mass is 10.4. The fraction of sp³-hybridized carbons (Fsp3) is 0.625. The van der Waals surface area contributed by atoms with Gasteiger partial charge in [0.15, 0.2) is 0 Å². The second kappa shape index (κ2) is 16.0. The van der Waals surface area contributed by atoms with Gasteiger partial charge >= 0.3 is 0 Å². The van der Waals surface area contributed by atoms with Crippen molar-refractivity contribution in [2.45, 2.75) is 34.6 Å². The monoisotopic (exact) mass is 160 g/mol. The van der Waals surface area contributed by atoms with E-state index >= 15 is 0 Å². The maximum Gasteiger partial charge on any atom is 0.264 e. The van der Waals surface area contributed by atoms with Crippen molar-refractivity contribution in [2.24, 2.45) is 11.5 Å². The number of carbonyl (C=O) groups is 1. The highest BCUT2D eigenvalue weighted by molar-refractivity contribution is 5.90. The van der Waals surface area contributed by atoms with E-state index < -0.39 is 5.91 Å². The summed E-state index contributed by atoms with van der Waals surface area (Å²) < 4.78 is 0. The molecule has 0 aromatic heterocycles. The largest absolute Gasteiger partial charge is 0.395 e. The predicted octanol–water partition coefficient (Wildman–Crippen LogP) is 1.39. The summed E-state index contributed by atoms with van der Waals surface area (Å²) in [6.45, 7) is 9.65. The first-order chi connectivity index (χ1) is 5.18. The fourth-order valence-corrected chi connectivity index (χ4v) is 0.142. The minimum absolute atomic E-state index is 0.111. The van der Waals surface area contributed by atoms with Gasteiger partial charge in [-0.25, -0.2) is 0 Å². The second-order valence-electron chi connectivity index (χ2n) is 1.11. The van der Waals surface area contributed by atoms with Crippen LogP contribution in [0.4, 0.5) is 0 Å². The average Bonchev–Trinajstić information content (AvgIpc) is 2.10. The minimum Gasteiger partial charge on any atom is -0.395 e. The maximum absolute atomic E-state index is 9.96. The number of primary amides is 1. The van der Waals surface area contributed by atoms with Crippen LogP contribution in [0.3, 0.4) is 0 Å². The third kappa shape index (κ3) is 17.6. The van der Waals surface area contributed by atoms with Crippen molar-refractivity contribution < 1.29 is 4.79 Å². The normalized spacial score (nSPS) is 8.27.